The monoisotopic (exact) mass is 192 g/mol. The quantitative estimate of drug-likeness (QED) is 0.688. The van der Waals surface area contributed by atoms with Crippen LogP contribution in [0.15, 0.2) is 30.9 Å². The van der Waals surface area contributed by atoms with Crippen LogP contribution in [0.25, 0.3) is 5.57 Å². The van der Waals surface area contributed by atoms with Crippen LogP contribution in [-0.2, 0) is 0 Å². The van der Waals surface area contributed by atoms with Crippen LogP contribution >= 0.6 is 11.5 Å². The van der Waals surface area contributed by atoms with Gasteiger partial charge in [0, 0.05) is 5.57 Å². The first kappa shape index (κ1) is 9.86. The predicted molar refractivity (Wildman–Crippen MR) is 57.6 cm³/mol. The summed E-state index contributed by atoms with van der Waals surface area (Å²) in [6, 6.07) is 0. The van der Waals surface area contributed by atoms with Crippen LogP contribution in [0.5, 0.6) is 0 Å². The maximum Gasteiger partial charge on any atom is 0.144 e. The molecule has 0 radical (unpaired) electrons. The lowest BCUT2D eigenvalue weighted by atomic mass is 10.2. The molecule has 0 amide bonds. The van der Waals surface area contributed by atoms with Crippen molar-refractivity contribution in [1.82, 2.24) is 9.36 Å². The molecule has 0 spiro atoms. The molecule has 0 unspecified atom stereocenters. The van der Waals surface area contributed by atoms with Crippen LogP contribution in [0.3, 0.4) is 0 Å². The van der Waals surface area contributed by atoms with E-state index in [-0.39, 0.29) is 0 Å². The van der Waals surface area contributed by atoms with E-state index in [9.17, 15) is 0 Å². The minimum Gasteiger partial charge on any atom is -0.220 e. The van der Waals surface area contributed by atoms with Crippen LogP contribution < -0.4 is 0 Å². The maximum absolute atomic E-state index is 4.29. The molecular formula is C10H12N2S. The van der Waals surface area contributed by atoms with Crippen molar-refractivity contribution in [2.24, 2.45) is 0 Å². The van der Waals surface area contributed by atoms with E-state index in [1.54, 1.807) is 6.08 Å². The second kappa shape index (κ2) is 4.72. The summed E-state index contributed by atoms with van der Waals surface area (Å²) in [6.07, 6.45) is 7.67. The molecule has 0 saturated heterocycles. The zero-order valence-electron chi connectivity index (χ0n) is 7.82. The van der Waals surface area contributed by atoms with Gasteiger partial charge in [-0.15, -0.1) is 0 Å². The van der Waals surface area contributed by atoms with Gasteiger partial charge in [0.05, 0.1) is 0 Å². The summed E-state index contributed by atoms with van der Waals surface area (Å²) in [6.45, 7) is 7.53. The number of aromatic nitrogens is 2. The van der Waals surface area contributed by atoms with E-state index in [1.807, 2.05) is 32.1 Å². The highest BCUT2D eigenvalue weighted by molar-refractivity contribution is 7.06. The second-order valence-corrected chi connectivity index (χ2v) is 3.26. The highest BCUT2D eigenvalue weighted by Crippen LogP contribution is 2.17. The second-order valence-electron chi connectivity index (χ2n) is 2.50. The maximum atomic E-state index is 4.29. The fourth-order valence-electron chi connectivity index (χ4n) is 0.919. The van der Waals surface area contributed by atoms with Gasteiger partial charge in [0.2, 0.25) is 0 Å². The summed E-state index contributed by atoms with van der Waals surface area (Å²) >= 11 is 1.41. The topological polar surface area (TPSA) is 25.8 Å². The van der Waals surface area contributed by atoms with Gasteiger partial charge in [-0.25, -0.2) is 4.98 Å². The molecule has 0 aliphatic rings. The number of aryl methyl sites for hydroxylation is 1. The molecule has 0 atom stereocenters. The van der Waals surface area contributed by atoms with E-state index in [2.05, 4.69) is 15.9 Å². The Morgan fingerprint density at radius 3 is 2.77 bits per heavy atom. The Morgan fingerprint density at radius 1 is 1.54 bits per heavy atom. The Balaban J connectivity index is 3.01. The number of hydrogen-bond acceptors (Lipinski definition) is 3. The summed E-state index contributed by atoms with van der Waals surface area (Å²) in [7, 11) is 0. The lowest BCUT2D eigenvalue weighted by molar-refractivity contribution is 1.15. The van der Waals surface area contributed by atoms with Crippen molar-refractivity contribution in [3.63, 3.8) is 0 Å². The third kappa shape index (κ3) is 2.63. The summed E-state index contributed by atoms with van der Waals surface area (Å²) in [5.74, 6) is 0.819. The van der Waals surface area contributed by atoms with Crippen molar-refractivity contribution in [1.29, 1.82) is 0 Å². The lowest BCUT2D eigenvalue weighted by Gasteiger charge is -1.92. The minimum atomic E-state index is 0.819. The summed E-state index contributed by atoms with van der Waals surface area (Å²) in [5.41, 5.74) is 1.06. The fourth-order valence-corrected chi connectivity index (χ4v) is 1.59. The zero-order chi connectivity index (χ0) is 9.68. The van der Waals surface area contributed by atoms with Crippen LogP contribution in [0.4, 0.5) is 0 Å². The van der Waals surface area contributed by atoms with Gasteiger partial charge in [-0.05, 0) is 25.4 Å². The Labute approximate surface area is 82.5 Å². The Kier molecular flexibility index (Phi) is 3.58. The SMILES string of the molecule is C=C/C=C(\C=C/C)c1nc(C)ns1. The molecule has 13 heavy (non-hydrogen) atoms. The van der Waals surface area contributed by atoms with E-state index in [4.69, 9.17) is 0 Å². The van der Waals surface area contributed by atoms with E-state index in [1.165, 1.54) is 11.5 Å². The molecule has 1 aromatic rings. The van der Waals surface area contributed by atoms with Gasteiger partial charge in [-0.2, -0.15) is 4.37 Å². The lowest BCUT2D eigenvalue weighted by Crippen LogP contribution is -1.79. The Morgan fingerprint density at radius 2 is 2.31 bits per heavy atom. The van der Waals surface area contributed by atoms with Gasteiger partial charge in [0.1, 0.15) is 10.8 Å². The molecule has 0 fully saturated rings. The molecule has 0 saturated carbocycles. The van der Waals surface area contributed by atoms with Crippen LogP contribution in [0.1, 0.15) is 17.8 Å². The average molecular weight is 192 g/mol. The predicted octanol–water partition coefficient (Wildman–Crippen LogP) is 2.99. The van der Waals surface area contributed by atoms with Crippen LogP contribution in [-0.4, -0.2) is 9.36 Å². The average Bonchev–Trinajstić information content (AvgIpc) is 2.51. The van der Waals surface area contributed by atoms with Gasteiger partial charge in [-0.3, -0.25) is 0 Å². The summed E-state index contributed by atoms with van der Waals surface area (Å²) in [4.78, 5) is 4.29. The third-order valence-corrected chi connectivity index (χ3v) is 2.27. The van der Waals surface area contributed by atoms with Gasteiger partial charge in [0.15, 0.2) is 0 Å². The van der Waals surface area contributed by atoms with E-state index < -0.39 is 0 Å². The van der Waals surface area contributed by atoms with E-state index in [0.29, 0.717) is 0 Å². The molecule has 1 aromatic heterocycles. The number of rotatable bonds is 3. The van der Waals surface area contributed by atoms with Crippen molar-refractivity contribution in [3.05, 3.63) is 41.7 Å². The minimum absolute atomic E-state index is 0.819. The van der Waals surface area contributed by atoms with Crippen LogP contribution in [0, 0.1) is 6.92 Å². The molecule has 0 bridgehead atoms. The molecular weight excluding hydrogens is 180 g/mol. The highest BCUT2D eigenvalue weighted by atomic mass is 32.1. The molecule has 3 heteroatoms. The molecule has 0 aliphatic carbocycles. The van der Waals surface area contributed by atoms with E-state index in [0.717, 1.165) is 16.4 Å². The standard InChI is InChI=1S/C10H12N2S/c1-4-6-9(7-5-2)10-11-8(3)12-13-10/h4-7H,1H2,2-3H3/b7-5-,9-6+. The molecule has 0 aliphatic heterocycles. The first-order valence-corrected chi connectivity index (χ1v) is 4.81. The van der Waals surface area contributed by atoms with Crippen molar-refractivity contribution in [2.75, 3.05) is 0 Å². The fraction of sp³-hybridized carbons (Fsp3) is 0.200. The molecule has 68 valence electrons. The number of nitrogens with zero attached hydrogens (tertiary/aromatic N) is 2. The number of allylic oxidation sites excluding steroid dienone is 5. The molecule has 0 aromatic carbocycles. The Bertz CT molecular complexity index is 348. The van der Waals surface area contributed by atoms with E-state index >= 15 is 0 Å². The molecule has 0 N–H and O–H groups in total. The van der Waals surface area contributed by atoms with Gasteiger partial charge >= 0.3 is 0 Å². The van der Waals surface area contributed by atoms with Gasteiger partial charge in [-0.1, -0.05) is 30.9 Å². The molecule has 2 nitrogen and oxygen atoms in total. The normalized spacial score (nSPS) is 12.3. The summed E-state index contributed by atoms with van der Waals surface area (Å²) in [5, 5.41) is 0.940. The summed E-state index contributed by atoms with van der Waals surface area (Å²) < 4.78 is 4.12. The van der Waals surface area contributed by atoms with Crippen molar-refractivity contribution < 1.29 is 0 Å². The highest BCUT2D eigenvalue weighted by Gasteiger charge is 2.02. The first-order chi connectivity index (χ1) is 6.27. The van der Waals surface area contributed by atoms with Crippen molar-refractivity contribution >= 4 is 17.1 Å². The van der Waals surface area contributed by atoms with Gasteiger partial charge < -0.3 is 0 Å². The third-order valence-electron chi connectivity index (χ3n) is 1.42. The van der Waals surface area contributed by atoms with Crippen molar-refractivity contribution in [2.45, 2.75) is 13.8 Å². The zero-order valence-corrected chi connectivity index (χ0v) is 8.64. The largest absolute Gasteiger partial charge is 0.220 e. The Hall–Kier alpha value is -1.22. The van der Waals surface area contributed by atoms with Crippen LogP contribution in [0.2, 0.25) is 0 Å². The molecule has 1 heterocycles. The van der Waals surface area contributed by atoms with Gasteiger partial charge in [0.25, 0.3) is 0 Å². The molecule has 1 rings (SSSR count). The number of hydrogen-bond donors (Lipinski definition) is 0. The first-order valence-electron chi connectivity index (χ1n) is 4.04. The smallest absolute Gasteiger partial charge is 0.144 e. The van der Waals surface area contributed by atoms with Crippen molar-refractivity contribution in [3.8, 4) is 0 Å².